The summed E-state index contributed by atoms with van der Waals surface area (Å²) in [6.07, 6.45) is 3.01. The molecule has 11 nitrogen and oxygen atoms in total. The lowest BCUT2D eigenvalue weighted by Gasteiger charge is -2.37. The van der Waals surface area contributed by atoms with E-state index in [4.69, 9.17) is 5.26 Å². The number of carbonyl (C=O) groups is 1. The van der Waals surface area contributed by atoms with E-state index in [0.717, 1.165) is 16.9 Å². The van der Waals surface area contributed by atoms with E-state index in [2.05, 4.69) is 20.2 Å². The van der Waals surface area contributed by atoms with E-state index in [9.17, 15) is 18.4 Å². The number of hydrogen-bond donors (Lipinski definition) is 1. The van der Waals surface area contributed by atoms with E-state index >= 15 is 0 Å². The molecule has 1 fully saturated rings. The number of hydrazone groups is 1. The standard InChI is InChI=1S/C23H21F2N9O2/c1-14-8-20(35)34(30-14)21-18(25)13-27-22(29-21)31-4-6-32(7-5-31)23(36)33-19(2-3-28-33)16-9-15(12-26)10-17(24)11-16/h3,8-11,13,19,30H,2,4-7H2,1H3. The molecule has 3 aromatic rings. The smallest absolute Gasteiger partial charge is 0.337 e. The molecule has 1 unspecified atom stereocenters. The first-order chi connectivity index (χ1) is 17.3. The van der Waals surface area contributed by atoms with Crippen LogP contribution < -0.4 is 10.5 Å². The van der Waals surface area contributed by atoms with Crippen LogP contribution in [-0.2, 0) is 0 Å². The molecule has 0 radical (unpaired) electrons. The minimum atomic E-state index is -0.744. The fraction of sp³-hybridized carbons (Fsp3) is 0.304. The molecule has 0 bridgehead atoms. The summed E-state index contributed by atoms with van der Waals surface area (Å²) in [4.78, 5) is 37.0. The van der Waals surface area contributed by atoms with E-state index in [1.807, 2.05) is 6.07 Å². The van der Waals surface area contributed by atoms with Crippen LogP contribution in [0, 0.1) is 29.9 Å². The SMILES string of the molecule is Cc1cc(=O)n(-c2nc(N3CCN(C(=O)N4N=CCC4c4cc(F)cc(C#N)c4)CC3)ncc2F)[nH]1. The zero-order chi connectivity index (χ0) is 25.4. The number of nitrogens with one attached hydrogen (secondary N) is 1. The van der Waals surface area contributed by atoms with Gasteiger partial charge < -0.3 is 9.80 Å². The van der Waals surface area contributed by atoms with Crippen LogP contribution in [0.4, 0.5) is 19.5 Å². The molecular formula is C23H21F2N9O2. The highest BCUT2D eigenvalue weighted by Gasteiger charge is 2.34. The van der Waals surface area contributed by atoms with Crippen molar-refractivity contribution in [1.29, 1.82) is 5.26 Å². The van der Waals surface area contributed by atoms with Crippen LogP contribution in [-0.4, -0.2) is 68.1 Å². The summed E-state index contributed by atoms with van der Waals surface area (Å²) in [5, 5.41) is 17.4. The lowest BCUT2D eigenvalue weighted by molar-refractivity contribution is 0.139. The molecule has 0 spiro atoms. The average molecular weight is 493 g/mol. The average Bonchev–Trinajstić information content (AvgIpc) is 3.49. The molecule has 2 amide bonds. The van der Waals surface area contributed by atoms with Crippen LogP contribution in [0.3, 0.4) is 0 Å². The highest BCUT2D eigenvalue weighted by molar-refractivity contribution is 5.78. The minimum Gasteiger partial charge on any atom is -0.337 e. The summed E-state index contributed by atoms with van der Waals surface area (Å²) in [6, 6.07) is 6.41. The summed E-state index contributed by atoms with van der Waals surface area (Å²) < 4.78 is 29.4. The molecule has 5 rings (SSSR count). The monoisotopic (exact) mass is 493 g/mol. The summed E-state index contributed by atoms with van der Waals surface area (Å²) >= 11 is 0. The quantitative estimate of drug-likeness (QED) is 0.595. The molecule has 4 heterocycles. The number of anilines is 1. The molecule has 36 heavy (non-hydrogen) atoms. The first kappa shape index (κ1) is 23.2. The molecule has 184 valence electrons. The Hall–Kier alpha value is -4.60. The van der Waals surface area contributed by atoms with E-state index in [1.165, 1.54) is 17.1 Å². The van der Waals surface area contributed by atoms with E-state index in [1.54, 1.807) is 29.0 Å². The largest absolute Gasteiger partial charge is 0.341 e. The minimum absolute atomic E-state index is 0.174. The Morgan fingerprint density at radius 3 is 2.64 bits per heavy atom. The van der Waals surface area contributed by atoms with Gasteiger partial charge >= 0.3 is 6.03 Å². The van der Waals surface area contributed by atoms with Crippen LogP contribution >= 0.6 is 0 Å². The third-order valence-corrected chi connectivity index (χ3v) is 6.07. The number of aromatic nitrogens is 4. The Balaban J connectivity index is 1.29. The third kappa shape index (κ3) is 4.28. The second-order valence-corrected chi connectivity index (χ2v) is 8.49. The van der Waals surface area contributed by atoms with E-state index < -0.39 is 23.2 Å². The highest BCUT2D eigenvalue weighted by atomic mass is 19.1. The van der Waals surface area contributed by atoms with Gasteiger partial charge in [0.15, 0.2) is 11.6 Å². The molecule has 13 heteroatoms. The molecule has 1 N–H and O–H groups in total. The lowest BCUT2D eigenvalue weighted by Crippen LogP contribution is -2.52. The van der Waals surface area contributed by atoms with Crippen molar-refractivity contribution in [1.82, 2.24) is 29.7 Å². The van der Waals surface area contributed by atoms with Gasteiger partial charge in [-0.3, -0.25) is 9.89 Å². The number of nitrogens with zero attached hydrogens (tertiary/aromatic N) is 8. The van der Waals surface area contributed by atoms with Crippen LogP contribution in [0.2, 0.25) is 0 Å². The molecular weight excluding hydrogens is 472 g/mol. The number of benzene rings is 1. The first-order valence-electron chi connectivity index (χ1n) is 11.2. The second kappa shape index (κ2) is 9.21. The molecule has 1 atom stereocenters. The molecule has 0 aliphatic carbocycles. The Labute approximate surface area is 203 Å². The molecule has 1 aromatic carbocycles. The number of aryl methyl sites for hydroxylation is 1. The van der Waals surface area contributed by atoms with Crippen molar-refractivity contribution in [3.05, 3.63) is 69.3 Å². The number of rotatable bonds is 3. The van der Waals surface area contributed by atoms with Gasteiger partial charge in [0.05, 0.1) is 23.9 Å². The zero-order valence-corrected chi connectivity index (χ0v) is 19.2. The van der Waals surface area contributed by atoms with Crippen LogP contribution in [0.1, 0.15) is 29.3 Å². The zero-order valence-electron chi connectivity index (χ0n) is 19.2. The van der Waals surface area contributed by atoms with Gasteiger partial charge in [0, 0.05) is 50.6 Å². The Morgan fingerprint density at radius 2 is 1.94 bits per heavy atom. The van der Waals surface area contributed by atoms with Gasteiger partial charge in [-0.1, -0.05) is 0 Å². The van der Waals surface area contributed by atoms with Gasteiger partial charge in [-0.2, -0.15) is 20.0 Å². The van der Waals surface area contributed by atoms with Gasteiger partial charge in [0.1, 0.15) is 5.82 Å². The van der Waals surface area contributed by atoms with Crippen LogP contribution in [0.15, 0.2) is 40.4 Å². The van der Waals surface area contributed by atoms with Crippen molar-refractivity contribution in [2.45, 2.75) is 19.4 Å². The van der Waals surface area contributed by atoms with Crippen molar-refractivity contribution >= 4 is 18.2 Å². The second-order valence-electron chi connectivity index (χ2n) is 8.49. The normalized spacial score (nSPS) is 17.5. The highest BCUT2D eigenvalue weighted by Crippen LogP contribution is 2.30. The number of piperazine rings is 1. The van der Waals surface area contributed by atoms with Gasteiger partial charge in [-0.15, -0.1) is 0 Å². The number of amides is 2. The Bertz CT molecular complexity index is 1450. The maximum absolute atomic E-state index is 14.4. The van der Waals surface area contributed by atoms with E-state index in [-0.39, 0.29) is 23.4 Å². The number of halogens is 2. The molecule has 2 aliphatic heterocycles. The number of hydrogen-bond acceptors (Lipinski definition) is 7. The fourth-order valence-electron chi connectivity index (χ4n) is 4.32. The van der Waals surface area contributed by atoms with Crippen LogP contribution in [0.25, 0.3) is 5.82 Å². The van der Waals surface area contributed by atoms with Crippen molar-refractivity contribution in [2.75, 3.05) is 31.1 Å². The predicted octanol–water partition coefficient (Wildman–Crippen LogP) is 2.09. The summed E-state index contributed by atoms with van der Waals surface area (Å²) in [7, 11) is 0. The number of carbonyl (C=O) groups excluding carboxylic acids is 1. The first-order valence-corrected chi connectivity index (χ1v) is 11.2. The van der Waals surface area contributed by atoms with Gasteiger partial charge in [0.25, 0.3) is 5.56 Å². The summed E-state index contributed by atoms with van der Waals surface area (Å²) in [5.41, 5.74) is 0.801. The van der Waals surface area contributed by atoms with Gasteiger partial charge in [-0.25, -0.2) is 23.6 Å². The van der Waals surface area contributed by atoms with Crippen molar-refractivity contribution in [3.63, 3.8) is 0 Å². The predicted molar refractivity (Wildman–Crippen MR) is 125 cm³/mol. The van der Waals surface area contributed by atoms with Gasteiger partial charge in [-0.05, 0) is 30.7 Å². The fourth-order valence-corrected chi connectivity index (χ4v) is 4.32. The number of nitriles is 1. The molecule has 0 saturated carbocycles. The Morgan fingerprint density at radius 1 is 1.17 bits per heavy atom. The summed E-state index contributed by atoms with van der Waals surface area (Å²) in [5.74, 6) is -1.24. The molecule has 2 aliphatic rings. The maximum atomic E-state index is 14.4. The van der Waals surface area contributed by atoms with Crippen molar-refractivity contribution in [3.8, 4) is 11.9 Å². The maximum Gasteiger partial charge on any atom is 0.341 e. The Kier molecular flexibility index (Phi) is 5.93. The number of H-pyrrole nitrogens is 1. The van der Waals surface area contributed by atoms with Crippen molar-refractivity contribution in [2.24, 2.45) is 5.10 Å². The molecule has 1 saturated heterocycles. The van der Waals surface area contributed by atoms with Crippen LogP contribution in [0.5, 0.6) is 0 Å². The number of aromatic amines is 1. The lowest BCUT2D eigenvalue weighted by atomic mass is 10.0. The van der Waals surface area contributed by atoms with Crippen molar-refractivity contribution < 1.29 is 13.6 Å². The third-order valence-electron chi connectivity index (χ3n) is 6.07. The summed E-state index contributed by atoms with van der Waals surface area (Å²) in [6.45, 7) is 3.07. The van der Waals surface area contributed by atoms with E-state index in [0.29, 0.717) is 43.9 Å². The number of urea groups is 1. The topological polar surface area (TPSA) is 127 Å². The molecule has 2 aromatic heterocycles. The van der Waals surface area contributed by atoms with Gasteiger partial charge in [0.2, 0.25) is 5.95 Å².